The number of esters is 1. The Morgan fingerprint density at radius 3 is 3.00 bits per heavy atom. The number of anilines is 1. The van der Waals surface area contributed by atoms with Crippen molar-refractivity contribution < 1.29 is 23.8 Å². The van der Waals surface area contributed by atoms with E-state index in [2.05, 4.69) is 15.0 Å². The molecule has 1 aromatic rings. The minimum absolute atomic E-state index is 0.00439. The van der Waals surface area contributed by atoms with Gasteiger partial charge in [0, 0.05) is 0 Å². The lowest BCUT2D eigenvalue weighted by Crippen LogP contribution is -2.12. The van der Waals surface area contributed by atoms with E-state index in [0.717, 1.165) is 6.26 Å². The van der Waals surface area contributed by atoms with Crippen molar-refractivity contribution in [1.29, 1.82) is 0 Å². The standard InChI is InChI=1S/C8H10N2O5/c1-2-14-7(13)5-4-15-8(10-5)9-3-6(11)12/h4H,2-3H2,1H3,(H,9,10)(H,11,12). The van der Waals surface area contributed by atoms with E-state index >= 15 is 0 Å². The van der Waals surface area contributed by atoms with Gasteiger partial charge in [-0.05, 0) is 6.92 Å². The molecule has 0 aromatic carbocycles. The molecule has 0 unspecified atom stereocenters. The maximum Gasteiger partial charge on any atom is 0.360 e. The topological polar surface area (TPSA) is 102 Å². The monoisotopic (exact) mass is 214 g/mol. The van der Waals surface area contributed by atoms with Crippen LogP contribution >= 0.6 is 0 Å². The third-order valence-electron chi connectivity index (χ3n) is 1.38. The fourth-order valence-corrected chi connectivity index (χ4v) is 0.805. The van der Waals surface area contributed by atoms with Crippen molar-refractivity contribution in [2.45, 2.75) is 6.92 Å². The Labute approximate surface area is 85.1 Å². The number of hydrogen-bond acceptors (Lipinski definition) is 6. The van der Waals surface area contributed by atoms with Gasteiger partial charge in [0.05, 0.1) is 6.61 Å². The van der Waals surface area contributed by atoms with Gasteiger partial charge in [-0.1, -0.05) is 0 Å². The minimum atomic E-state index is -1.05. The third-order valence-corrected chi connectivity index (χ3v) is 1.38. The molecule has 1 heterocycles. The minimum Gasteiger partial charge on any atom is -0.480 e. The lowest BCUT2D eigenvalue weighted by Gasteiger charge is -1.95. The summed E-state index contributed by atoms with van der Waals surface area (Å²) in [5.41, 5.74) is 0.00439. The first-order chi connectivity index (χ1) is 7.13. The summed E-state index contributed by atoms with van der Waals surface area (Å²) in [6, 6.07) is -0.0274. The van der Waals surface area contributed by atoms with Gasteiger partial charge >= 0.3 is 11.9 Å². The molecule has 0 aliphatic rings. The summed E-state index contributed by atoms with van der Waals surface area (Å²) in [5.74, 6) is -1.66. The first kappa shape index (κ1) is 11.0. The van der Waals surface area contributed by atoms with Crippen molar-refractivity contribution in [3.8, 4) is 0 Å². The van der Waals surface area contributed by atoms with Crippen LogP contribution in [0, 0.1) is 0 Å². The number of rotatable bonds is 5. The summed E-state index contributed by atoms with van der Waals surface area (Å²) < 4.78 is 9.46. The second-order valence-electron chi connectivity index (χ2n) is 2.51. The lowest BCUT2D eigenvalue weighted by molar-refractivity contribution is -0.134. The lowest BCUT2D eigenvalue weighted by atomic mass is 10.5. The fourth-order valence-electron chi connectivity index (χ4n) is 0.805. The second-order valence-corrected chi connectivity index (χ2v) is 2.51. The van der Waals surface area contributed by atoms with Gasteiger partial charge in [-0.2, -0.15) is 4.98 Å². The molecule has 0 bridgehead atoms. The molecule has 0 fully saturated rings. The number of nitrogens with one attached hydrogen (secondary N) is 1. The smallest absolute Gasteiger partial charge is 0.360 e. The second kappa shape index (κ2) is 4.99. The Morgan fingerprint density at radius 1 is 1.67 bits per heavy atom. The molecule has 1 aromatic heterocycles. The highest BCUT2D eigenvalue weighted by molar-refractivity contribution is 5.87. The van der Waals surface area contributed by atoms with Gasteiger partial charge in [-0.15, -0.1) is 0 Å². The van der Waals surface area contributed by atoms with Crippen LogP contribution in [0.4, 0.5) is 6.01 Å². The zero-order valence-corrected chi connectivity index (χ0v) is 8.02. The van der Waals surface area contributed by atoms with Gasteiger partial charge in [0.15, 0.2) is 5.69 Å². The van der Waals surface area contributed by atoms with Gasteiger partial charge in [-0.25, -0.2) is 4.79 Å². The van der Waals surface area contributed by atoms with Crippen molar-refractivity contribution in [1.82, 2.24) is 4.98 Å². The van der Waals surface area contributed by atoms with Crippen LogP contribution in [0.1, 0.15) is 17.4 Å². The van der Waals surface area contributed by atoms with Gasteiger partial charge in [0.25, 0.3) is 6.01 Å². The molecule has 0 amide bonds. The van der Waals surface area contributed by atoms with E-state index in [1.807, 2.05) is 0 Å². The molecule has 2 N–H and O–H groups in total. The Hall–Kier alpha value is -2.05. The van der Waals surface area contributed by atoms with Gasteiger partial charge in [0.1, 0.15) is 12.8 Å². The van der Waals surface area contributed by atoms with Crippen LogP contribution in [0.5, 0.6) is 0 Å². The Bertz CT molecular complexity index is 360. The van der Waals surface area contributed by atoms with Crippen molar-refractivity contribution in [2.24, 2.45) is 0 Å². The Balaban J connectivity index is 2.56. The van der Waals surface area contributed by atoms with E-state index < -0.39 is 11.9 Å². The summed E-state index contributed by atoms with van der Waals surface area (Å²) in [4.78, 5) is 25.0. The van der Waals surface area contributed by atoms with Crippen molar-refractivity contribution in [2.75, 3.05) is 18.5 Å². The average Bonchev–Trinajstić information content (AvgIpc) is 2.63. The van der Waals surface area contributed by atoms with Crippen molar-refractivity contribution >= 4 is 18.0 Å². The van der Waals surface area contributed by atoms with Crippen LogP contribution in [0.2, 0.25) is 0 Å². The molecule has 0 spiro atoms. The quantitative estimate of drug-likeness (QED) is 0.681. The maximum atomic E-state index is 11.1. The predicted molar refractivity (Wildman–Crippen MR) is 48.6 cm³/mol. The molecule has 15 heavy (non-hydrogen) atoms. The number of aliphatic carboxylic acids is 1. The molecule has 82 valence electrons. The first-order valence-corrected chi connectivity index (χ1v) is 4.21. The highest BCUT2D eigenvalue weighted by Gasteiger charge is 2.13. The number of carbonyl (C=O) groups excluding carboxylic acids is 1. The molecule has 0 saturated heterocycles. The summed E-state index contributed by atoms with van der Waals surface area (Å²) >= 11 is 0. The van der Waals surface area contributed by atoms with Gasteiger partial charge in [-0.3, -0.25) is 4.79 Å². The van der Waals surface area contributed by atoms with E-state index in [9.17, 15) is 9.59 Å². The van der Waals surface area contributed by atoms with Crippen molar-refractivity contribution in [3.05, 3.63) is 12.0 Å². The van der Waals surface area contributed by atoms with E-state index in [0.29, 0.717) is 0 Å². The van der Waals surface area contributed by atoms with E-state index in [4.69, 9.17) is 9.52 Å². The summed E-state index contributed by atoms with van der Waals surface area (Å²) in [6.07, 6.45) is 1.10. The number of carboxylic acids is 1. The number of carbonyl (C=O) groups is 2. The molecular formula is C8H10N2O5. The number of hydrogen-bond donors (Lipinski definition) is 2. The number of carboxylic acid groups (broad SMARTS) is 1. The van der Waals surface area contributed by atoms with E-state index in [1.165, 1.54) is 0 Å². The number of nitrogens with zero attached hydrogens (tertiary/aromatic N) is 1. The van der Waals surface area contributed by atoms with Crippen LogP contribution in [0.25, 0.3) is 0 Å². The Kier molecular flexibility index (Phi) is 3.67. The molecule has 0 radical (unpaired) electrons. The normalized spacial score (nSPS) is 9.67. The molecule has 7 nitrogen and oxygen atoms in total. The van der Waals surface area contributed by atoms with Crippen LogP contribution in [0.15, 0.2) is 10.7 Å². The SMILES string of the molecule is CCOC(=O)c1coc(NCC(=O)O)n1. The van der Waals surface area contributed by atoms with Crippen LogP contribution < -0.4 is 5.32 Å². The molecule has 0 atom stereocenters. The largest absolute Gasteiger partial charge is 0.480 e. The van der Waals surface area contributed by atoms with E-state index in [-0.39, 0.29) is 24.9 Å². The van der Waals surface area contributed by atoms with Gasteiger partial charge in [0.2, 0.25) is 0 Å². The highest BCUT2D eigenvalue weighted by atomic mass is 16.5. The zero-order valence-electron chi connectivity index (χ0n) is 8.02. The third kappa shape index (κ3) is 3.29. The maximum absolute atomic E-state index is 11.1. The van der Waals surface area contributed by atoms with E-state index in [1.54, 1.807) is 6.92 Å². The zero-order chi connectivity index (χ0) is 11.3. The predicted octanol–water partition coefficient (Wildman–Crippen LogP) is 0.348. The molecule has 1 rings (SSSR count). The van der Waals surface area contributed by atoms with Crippen LogP contribution in [0.3, 0.4) is 0 Å². The Morgan fingerprint density at radius 2 is 2.40 bits per heavy atom. The molecule has 0 aliphatic heterocycles. The van der Waals surface area contributed by atoms with Crippen molar-refractivity contribution in [3.63, 3.8) is 0 Å². The fraction of sp³-hybridized carbons (Fsp3) is 0.375. The van der Waals surface area contributed by atoms with Crippen LogP contribution in [-0.4, -0.2) is 35.2 Å². The molecule has 0 saturated carbocycles. The van der Waals surface area contributed by atoms with Crippen LogP contribution in [-0.2, 0) is 9.53 Å². The number of aromatic nitrogens is 1. The molecule has 0 aliphatic carbocycles. The molecule has 7 heteroatoms. The average molecular weight is 214 g/mol. The molecular weight excluding hydrogens is 204 g/mol. The number of oxazole rings is 1. The first-order valence-electron chi connectivity index (χ1n) is 4.21. The summed E-state index contributed by atoms with van der Waals surface area (Å²) in [6.45, 7) is 1.58. The highest BCUT2D eigenvalue weighted by Crippen LogP contribution is 2.07. The summed E-state index contributed by atoms with van der Waals surface area (Å²) in [7, 11) is 0. The summed E-state index contributed by atoms with van der Waals surface area (Å²) in [5, 5.41) is 10.7. The number of ether oxygens (including phenoxy) is 1. The van der Waals surface area contributed by atoms with Gasteiger partial charge < -0.3 is 19.6 Å².